The summed E-state index contributed by atoms with van der Waals surface area (Å²) >= 11 is 1.44. The van der Waals surface area contributed by atoms with Gasteiger partial charge in [0.15, 0.2) is 5.65 Å². The molecule has 2 aliphatic heterocycles. The Bertz CT molecular complexity index is 1790. The molecular weight excluding hydrogens is 564 g/mol. The van der Waals surface area contributed by atoms with Gasteiger partial charge in [-0.05, 0) is 77.5 Å². The van der Waals surface area contributed by atoms with Crippen LogP contribution in [0.1, 0.15) is 68.6 Å². The van der Waals surface area contributed by atoms with E-state index in [2.05, 4.69) is 17.3 Å². The first-order valence-corrected chi connectivity index (χ1v) is 16.1. The van der Waals surface area contributed by atoms with Gasteiger partial charge in [0.2, 0.25) is 5.43 Å². The summed E-state index contributed by atoms with van der Waals surface area (Å²) in [6.07, 6.45) is 4.59. The van der Waals surface area contributed by atoms with Gasteiger partial charge >= 0.3 is 6.09 Å². The van der Waals surface area contributed by atoms with Gasteiger partial charge < -0.3 is 19.9 Å². The summed E-state index contributed by atoms with van der Waals surface area (Å²) in [6.45, 7) is 8.73. The highest BCUT2D eigenvalue weighted by Crippen LogP contribution is 2.45. The zero-order valence-corrected chi connectivity index (χ0v) is 25.9. The Balaban J connectivity index is 1.21. The van der Waals surface area contributed by atoms with Crippen molar-refractivity contribution in [2.24, 2.45) is 11.8 Å². The lowest BCUT2D eigenvalue weighted by molar-refractivity contribution is 0.0199. The minimum atomic E-state index is -0.562. The second kappa shape index (κ2) is 10.6. The van der Waals surface area contributed by atoms with E-state index in [-0.39, 0.29) is 29.0 Å². The number of nitrogens with zero attached hydrogens (tertiary/aromatic N) is 5. The molecule has 4 aromatic rings. The standard InChI is InChI=1S/C32H38N6O4S/c1-32(2,3)42-31(41)37-11-9-21(10-12-37)34-29(40)25-26(39)22-15-33-27(18-13-19-16-36(4)17-20(19)14-18)35-28(22)38-23-7-5-6-8-24(23)43-30(25)38/h5-8,15,18-21H,9-14,16-17H2,1-4H3,(H,34,40). The van der Waals surface area contributed by atoms with Gasteiger partial charge in [0, 0.05) is 44.3 Å². The molecule has 1 saturated carbocycles. The number of thiazole rings is 1. The predicted octanol–water partition coefficient (Wildman–Crippen LogP) is 4.64. The highest BCUT2D eigenvalue weighted by Gasteiger charge is 2.41. The van der Waals surface area contributed by atoms with Crippen molar-refractivity contribution >= 4 is 49.4 Å². The largest absolute Gasteiger partial charge is 0.444 e. The molecule has 2 amide bonds. The molecule has 3 aliphatic rings. The van der Waals surface area contributed by atoms with Crippen LogP contribution in [0.2, 0.25) is 0 Å². The zero-order chi connectivity index (χ0) is 30.0. The average molecular weight is 603 g/mol. The van der Waals surface area contributed by atoms with Crippen LogP contribution in [0.25, 0.3) is 26.1 Å². The Morgan fingerprint density at radius 1 is 1.07 bits per heavy atom. The van der Waals surface area contributed by atoms with Crippen molar-refractivity contribution in [1.82, 2.24) is 29.5 Å². The van der Waals surface area contributed by atoms with E-state index in [0.717, 1.165) is 42.0 Å². The number of piperidine rings is 1. The molecule has 1 aliphatic carbocycles. The van der Waals surface area contributed by atoms with Crippen LogP contribution in [0, 0.1) is 11.8 Å². The van der Waals surface area contributed by atoms with Crippen molar-refractivity contribution in [3.63, 3.8) is 0 Å². The number of amides is 2. The molecule has 11 heteroatoms. The fourth-order valence-electron chi connectivity index (χ4n) is 7.24. The highest BCUT2D eigenvalue weighted by atomic mass is 32.1. The number of hydrogen-bond donors (Lipinski definition) is 1. The van der Waals surface area contributed by atoms with Gasteiger partial charge in [-0.2, -0.15) is 0 Å². The number of para-hydroxylation sites is 1. The van der Waals surface area contributed by atoms with E-state index in [1.807, 2.05) is 49.4 Å². The maximum Gasteiger partial charge on any atom is 0.410 e. The molecule has 43 heavy (non-hydrogen) atoms. The number of rotatable bonds is 3. The maximum absolute atomic E-state index is 14.0. The number of fused-ring (bicyclic) bond motifs is 6. The Morgan fingerprint density at radius 2 is 1.77 bits per heavy atom. The minimum absolute atomic E-state index is 0.123. The second-order valence-electron chi connectivity index (χ2n) is 13.5. The van der Waals surface area contributed by atoms with Crippen LogP contribution in [0.15, 0.2) is 35.3 Å². The molecule has 226 valence electrons. The van der Waals surface area contributed by atoms with E-state index >= 15 is 0 Å². The van der Waals surface area contributed by atoms with Crippen LogP contribution in [0.4, 0.5) is 4.79 Å². The van der Waals surface area contributed by atoms with Gasteiger partial charge in [-0.1, -0.05) is 12.1 Å². The number of likely N-dealkylation sites (tertiary alicyclic amines) is 2. The lowest BCUT2D eigenvalue weighted by atomic mass is 10.0. The minimum Gasteiger partial charge on any atom is -0.444 e. The molecule has 1 aromatic carbocycles. The summed E-state index contributed by atoms with van der Waals surface area (Å²) in [5, 5.41) is 3.45. The van der Waals surface area contributed by atoms with Gasteiger partial charge in [-0.25, -0.2) is 14.8 Å². The number of carbonyl (C=O) groups excluding carboxylic acids is 2. The SMILES string of the molecule is CN1CC2CC(c3ncc4c(=O)c(C(=O)NC5CCN(C(=O)OC(C)(C)C)CC5)c5sc6ccccc6n5c4n3)CC2C1. The summed E-state index contributed by atoms with van der Waals surface area (Å²) in [7, 11) is 2.19. The van der Waals surface area contributed by atoms with Crippen LogP contribution in [-0.4, -0.2) is 81.0 Å². The Hall–Kier alpha value is -3.57. The molecular formula is C32H38N6O4S. The number of hydrogen-bond acceptors (Lipinski definition) is 8. The Morgan fingerprint density at radius 3 is 2.47 bits per heavy atom. The third kappa shape index (κ3) is 5.16. The van der Waals surface area contributed by atoms with Crippen molar-refractivity contribution < 1.29 is 14.3 Å². The normalized spacial score (nSPS) is 23.3. The van der Waals surface area contributed by atoms with E-state index in [1.165, 1.54) is 11.3 Å². The van der Waals surface area contributed by atoms with Gasteiger partial charge in [0.05, 0.1) is 15.6 Å². The van der Waals surface area contributed by atoms with Crippen LogP contribution >= 0.6 is 11.3 Å². The first-order valence-electron chi connectivity index (χ1n) is 15.3. The number of ether oxygens (including phenoxy) is 1. The maximum atomic E-state index is 14.0. The fraction of sp³-hybridized carbons (Fsp3) is 0.531. The van der Waals surface area contributed by atoms with E-state index in [1.54, 1.807) is 11.1 Å². The first-order chi connectivity index (χ1) is 20.6. The molecule has 2 unspecified atom stereocenters. The summed E-state index contributed by atoms with van der Waals surface area (Å²) in [6, 6.07) is 7.79. The lowest BCUT2D eigenvalue weighted by Crippen LogP contribution is -2.48. The average Bonchev–Trinajstić information content (AvgIpc) is 3.63. The van der Waals surface area contributed by atoms with Crippen LogP contribution in [0.5, 0.6) is 0 Å². The summed E-state index contributed by atoms with van der Waals surface area (Å²) < 4.78 is 8.46. The van der Waals surface area contributed by atoms with Crippen LogP contribution < -0.4 is 10.7 Å². The van der Waals surface area contributed by atoms with E-state index in [4.69, 9.17) is 14.7 Å². The first kappa shape index (κ1) is 28.2. The van der Waals surface area contributed by atoms with E-state index < -0.39 is 11.5 Å². The van der Waals surface area contributed by atoms with Crippen molar-refractivity contribution in [1.29, 1.82) is 0 Å². The molecule has 7 rings (SSSR count). The van der Waals surface area contributed by atoms with Crippen LogP contribution in [0.3, 0.4) is 0 Å². The number of pyridine rings is 1. The summed E-state index contributed by atoms with van der Waals surface area (Å²) in [4.78, 5) is 54.7. The molecule has 3 aromatic heterocycles. The molecule has 0 radical (unpaired) electrons. The quantitative estimate of drug-likeness (QED) is 0.364. The Labute approximate surface area is 254 Å². The van der Waals surface area contributed by atoms with Gasteiger partial charge in [-0.15, -0.1) is 11.3 Å². The zero-order valence-electron chi connectivity index (χ0n) is 25.1. The molecule has 1 N–H and O–H groups in total. The molecule has 0 spiro atoms. The van der Waals surface area contributed by atoms with Gasteiger partial charge in [0.25, 0.3) is 5.91 Å². The number of nitrogens with one attached hydrogen (secondary N) is 1. The summed E-state index contributed by atoms with van der Waals surface area (Å²) in [5.41, 5.74) is 0.702. The smallest absolute Gasteiger partial charge is 0.410 e. The predicted molar refractivity (Wildman–Crippen MR) is 167 cm³/mol. The van der Waals surface area contributed by atoms with Crippen LogP contribution in [-0.2, 0) is 4.74 Å². The molecule has 10 nitrogen and oxygen atoms in total. The fourth-order valence-corrected chi connectivity index (χ4v) is 8.42. The van der Waals surface area contributed by atoms with Crippen molar-refractivity contribution in [2.45, 2.75) is 64.0 Å². The molecule has 0 bridgehead atoms. The second-order valence-corrected chi connectivity index (χ2v) is 14.5. The van der Waals surface area contributed by atoms with Gasteiger partial charge in [-0.3, -0.25) is 14.0 Å². The molecule has 5 heterocycles. The summed E-state index contributed by atoms with van der Waals surface area (Å²) in [5.74, 6) is 2.01. The van der Waals surface area contributed by atoms with E-state index in [0.29, 0.717) is 53.6 Å². The van der Waals surface area contributed by atoms with Crippen molar-refractivity contribution in [3.8, 4) is 0 Å². The third-order valence-corrected chi connectivity index (χ3v) is 10.4. The topological polar surface area (TPSA) is 109 Å². The van der Waals surface area contributed by atoms with Gasteiger partial charge in [0.1, 0.15) is 21.8 Å². The highest BCUT2D eigenvalue weighted by molar-refractivity contribution is 7.24. The van der Waals surface area contributed by atoms with E-state index in [9.17, 15) is 14.4 Å². The van der Waals surface area contributed by atoms with Crippen molar-refractivity contribution in [2.75, 3.05) is 33.2 Å². The monoisotopic (exact) mass is 602 g/mol. The lowest BCUT2D eigenvalue weighted by Gasteiger charge is -2.33. The number of carbonyl (C=O) groups is 2. The van der Waals surface area contributed by atoms with Crippen molar-refractivity contribution in [3.05, 3.63) is 52.1 Å². The molecule has 2 atom stereocenters. The molecule has 3 fully saturated rings. The Kier molecular flexibility index (Phi) is 6.92. The number of benzene rings is 1. The number of aromatic nitrogens is 3. The molecule has 2 saturated heterocycles. The third-order valence-electron chi connectivity index (χ3n) is 9.21.